The van der Waals surface area contributed by atoms with Crippen LogP contribution in [-0.4, -0.2) is 47.1 Å². The minimum Gasteiger partial charge on any atom is -0.474 e. The van der Waals surface area contributed by atoms with Gasteiger partial charge in [0.05, 0.1) is 7.11 Å². The lowest BCUT2D eigenvalue weighted by molar-refractivity contribution is -0.132. The quantitative estimate of drug-likeness (QED) is 0.797. The third-order valence-corrected chi connectivity index (χ3v) is 4.58. The topological polar surface area (TPSA) is 64.6 Å². The predicted molar refractivity (Wildman–Crippen MR) is 98.3 cm³/mol. The summed E-state index contributed by atoms with van der Waals surface area (Å²) in [4.78, 5) is 22.5. The van der Waals surface area contributed by atoms with E-state index in [4.69, 9.17) is 9.47 Å². The van der Waals surface area contributed by atoms with E-state index >= 15 is 0 Å². The summed E-state index contributed by atoms with van der Waals surface area (Å²) < 4.78 is 10.9. The van der Waals surface area contributed by atoms with Gasteiger partial charge in [0.25, 0.3) is 0 Å². The first-order chi connectivity index (χ1) is 12.6. The highest BCUT2D eigenvalue weighted by Crippen LogP contribution is 2.19. The van der Waals surface area contributed by atoms with E-state index in [2.05, 4.69) is 35.1 Å². The molecule has 1 aromatic carbocycles. The van der Waals surface area contributed by atoms with E-state index in [-0.39, 0.29) is 12.0 Å². The Balaban J connectivity index is 1.44. The molecular weight excluding hydrogens is 330 g/mol. The lowest BCUT2D eigenvalue weighted by atomic mass is 10.0. The number of likely N-dealkylation sites (tertiary alicyclic amines) is 1. The molecule has 1 aliphatic heterocycles. The van der Waals surface area contributed by atoms with Crippen LogP contribution in [0.3, 0.4) is 0 Å². The Labute approximate surface area is 154 Å². The molecule has 1 saturated heterocycles. The van der Waals surface area contributed by atoms with Crippen LogP contribution in [0, 0.1) is 6.92 Å². The minimum absolute atomic E-state index is 0.0652. The Morgan fingerprint density at radius 3 is 2.81 bits per heavy atom. The number of aromatic nitrogens is 2. The van der Waals surface area contributed by atoms with Crippen molar-refractivity contribution in [3.05, 3.63) is 47.7 Å². The molecule has 1 aromatic heterocycles. The van der Waals surface area contributed by atoms with Crippen molar-refractivity contribution in [2.45, 2.75) is 38.7 Å². The van der Waals surface area contributed by atoms with Gasteiger partial charge in [0.2, 0.25) is 11.8 Å². The smallest absolute Gasteiger partial charge is 0.319 e. The molecule has 0 bridgehead atoms. The molecule has 6 heteroatoms. The van der Waals surface area contributed by atoms with Gasteiger partial charge in [0.1, 0.15) is 6.10 Å². The van der Waals surface area contributed by atoms with Crippen molar-refractivity contribution < 1.29 is 14.3 Å². The van der Waals surface area contributed by atoms with E-state index in [1.807, 2.05) is 11.0 Å². The maximum absolute atomic E-state index is 12.5. The molecule has 0 saturated carbocycles. The van der Waals surface area contributed by atoms with Crippen LogP contribution in [0.1, 0.15) is 30.4 Å². The number of benzene rings is 1. The van der Waals surface area contributed by atoms with Crippen molar-refractivity contribution in [1.82, 2.24) is 14.9 Å². The molecule has 6 nitrogen and oxygen atoms in total. The molecule has 138 valence electrons. The molecule has 2 aromatic rings. The molecule has 1 aliphatic rings. The summed E-state index contributed by atoms with van der Waals surface area (Å²) in [5, 5.41) is 0. The highest BCUT2D eigenvalue weighted by atomic mass is 16.5. The van der Waals surface area contributed by atoms with Gasteiger partial charge in [-0.25, -0.2) is 4.98 Å². The molecule has 0 N–H and O–H groups in total. The number of amides is 1. The van der Waals surface area contributed by atoms with Crippen LogP contribution in [0.2, 0.25) is 0 Å². The SMILES string of the molecule is COc1nccc(OC2CCN(C(=O)CCc3cccc(C)c3)CC2)n1. The van der Waals surface area contributed by atoms with Crippen LogP contribution in [0.4, 0.5) is 0 Å². The fourth-order valence-corrected chi connectivity index (χ4v) is 3.16. The summed E-state index contributed by atoms with van der Waals surface area (Å²) in [5.41, 5.74) is 2.45. The molecule has 3 rings (SSSR count). The van der Waals surface area contributed by atoms with Crippen molar-refractivity contribution in [3.63, 3.8) is 0 Å². The number of ether oxygens (including phenoxy) is 2. The Hall–Kier alpha value is -2.63. The highest BCUT2D eigenvalue weighted by molar-refractivity contribution is 5.76. The van der Waals surface area contributed by atoms with Crippen molar-refractivity contribution in [1.29, 1.82) is 0 Å². The predicted octanol–water partition coefficient (Wildman–Crippen LogP) is 2.80. The number of piperidine rings is 1. The standard InChI is InChI=1S/C20H25N3O3/c1-15-4-3-5-16(14-15)6-7-19(24)23-12-9-17(10-13-23)26-18-8-11-21-20(22-18)25-2/h3-5,8,11,14,17H,6-7,9-10,12-13H2,1-2H3. The molecule has 0 atom stereocenters. The Morgan fingerprint density at radius 1 is 1.27 bits per heavy atom. The van der Waals surface area contributed by atoms with Gasteiger partial charge < -0.3 is 14.4 Å². The summed E-state index contributed by atoms with van der Waals surface area (Å²) in [6.45, 7) is 3.52. The second-order valence-corrected chi connectivity index (χ2v) is 6.57. The lowest BCUT2D eigenvalue weighted by Crippen LogP contribution is -2.41. The fourth-order valence-electron chi connectivity index (χ4n) is 3.16. The molecule has 2 heterocycles. The van der Waals surface area contributed by atoms with Gasteiger partial charge in [-0.05, 0) is 18.9 Å². The van der Waals surface area contributed by atoms with Crippen LogP contribution in [0.15, 0.2) is 36.5 Å². The third-order valence-electron chi connectivity index (χ3n) is 4.58. The van der Waals surface area contributed by atoms with Gasteiger partial charge in [-0.3, -0.25) is 4.79 Å². The van der Waals surface area contributed by atoms with E-state index in [0.717, 1.165) is 32.4 Å². The number of hydrogen-bond acceptors (Lipinski definition) is 5. The number of carbonyl (C=O) groups excluding carboxylic acids is 1. The largest absolute Gasteiger partial charge is 0.474 e. The molecule has 0 spiro atoms. The Bertz CT molecular complexity index is 743. The number of nitrogens with zero attached hydrogens (tertiary/aromatic N) is 3. The zero-order chi connectivity index (χ0) is 18.4. The van der Waals surface area contributed by atoms with Crippen molar-refractivity contribution >= 4 is 5.91 Å². The lowest BCUT2D eigenvalue weighted by Gasteiger charge is -2.32. The van der Waals surface area contributed by atoms with Crippen molar-refractivity contribution in [2.75, 3.05) is 20.2 Å². The summed E-state index contributed by atoms with van der Waals surface area (Å²) in [5.74, 6) is 0.731. The van der Waals surface area contributed by atoms with Gasteiger partial charge >= 0.3 is 6.01 Å². The zero-order valence-corrected chi connectivity index (χ0v) is 15.4. The summed E-state index contributed by atoms with van der Waals surface area (Å²) in [6, 6.07) is 10.4. The maximum atomic E-state index is 12.5. The monoisotopic (exact) mass is 355 g/mol. The van der Waals surface area contributed by atoms with E-state index in [1.165, 1.54) is 18.2 Å². The first-order valence-electron chi connectivity index (χ1n) is 9.01. The number of methoxy groups -OCH3 is 1. The summed E-state index contributed by atoms with van der Waals surface area (Å²) in [7, 11) is 1.53. The van der Waals surface area contributed by atoms with Crippen LogP contribution in [0.5, 0.6) is 11.9 Å². The van der Waals surface area contributed by atoms with Gasteiger partial charge in [0.15, 0.2) is 0 Å². The highest BCUT2D eigenvalue weighted by Gasteiger charge is 2.24. The van der Waals surface area contributed by atoms with E-state index < -0.39 is 0 Å². The van der Waals surface area contributed by atoms with E-state index in [1.54, 1.807) is 12.3 Å². The second kappa shape index (κ2) is 8.65. The fraction of sp³-hybridized carbons (Fsp3) is 0.450. The van der Waals surface area contributed by atoms with Gasteiger partial charge in [-0.1, -0.05) is 29.8 Å². The number of carbonyl (C=O) groups is 1. The first-order valence-corrected chi connectivity index (χ1v) is 9.01. The number of rotatable bonds is 6. The first kappa shape index (κ1) is 18.2. The molecule has 1 amide bonds. The third kappa shape index (κ3) is 4.94. The minimum atomic E-state index is 0.0652. The summed E-state index contributed by atoms with van der Waals surface area (Å²) >= 11 is 0. The molecule has 0 aliphatic carbocycles. The van der Waals surface area contributed by atoms with Crippen LogP contribution >= 0.6 is 0 Å². The van der Waals surface area contributed by atoms with Crippen LogP contribution < -0.4 is 9.47 Å². The second-order valence-electron chi connectivity index (χ2n) is 6.57. The molecule has 26 heavy (non-hydrogen) atoms. The molecule has 0 unspecified atom stereocenters. The van der Waals surface area contributed by atoms with E-state index in [0.29, 0.717) is 18.3 Å². The van der Waals surface area contributed by atoms with E-state index in [9.17, 15) is 4.79 Å². The van der Waals surface area contributed by atoms with Crippen molar-refractivity contribution in [3.8, 4) is 11.9 Å². The number of aryl methyl sites for hydroxylation is 2. The van der Waals surface area contributed by atoms with Crippen LogP contribution in [0.25, 0.3) is 0 Å². The molecular formula is C20H25N3O3. The zero-order valence-electron chi connectivity index (χ0n) is 15.4. The van der Waals surface area contributed by atoms with Gasteiger partial charge in [-0.15, -0.1) is 0 Å². The Morgan fingerprint density at radius 2 is 2.08 bits per heavy atom. The number of hydrogen-bond donors (Lipinski definition) is 0. The van der Waals surface area contributed by atoms with Gasteiger partial charge in [-0.2, -0.15) is 4.98 Å². The average Bonchev–Trinajstić information content (AvgIpc) is 2.67. The Kier molecular flexibility index (Phi) is 6.04. The maximum Gasteiger partial charge on any atom is 0.319 e. The average molecular weight is 355 g/mol. The summed E-state index contributed by atoms with van der Waals surface area (Å²) in [6.07, 6.45) is 4.64. The molecule has 0 radical (unpaired) electrons. The van der Waals surface area contributed by atoms with Gasteiger partial charge in [0, 0.05) is 44.6 Å². The normalized spacial score (nSPS) is 14.9. The van der Waals surface area contributed by atoms with Crippen LogP contribution in [-0.2, 0) is 11.2 Å². The van der Waals surface area contributed by atoms with Crippen molar-refractivity contribution in [2.24, 2.45) is 0 Å². The molecule has 1 fully saturated rings.